The molecule has 6 heteroatoms. The standard InChI is InChI=1S/C13H9N2.Sn.3Y/c1-2-6-11(7-3-1)13-10-12-8-4-5-9-15(12)14-13;;;;/h1-9H;;;;. The zero-order valence-corrected chi connectivity index (χ0v) is 21.7. The maximum absolute atomic E-state index is 4.62. The van der Waals surface area contributed by atoms with E-state index in [1.165, 1.54) is 37.2 Å². The van der Waals surface area contributed by atoms with Crippen LogP contribution in [0, 0.1) is 0 Å². The van der Waals surface area contributed by atoms with Gasteiger partial charge in [0.1, 0.15) is 0 Å². The molecule has 3 aromatic rings. The molecule has 84 valence electrons. The second-order valence-corrected chi connectivity index (χ2v) is 5.05. The van der Waals surface area contributed by atoms with E-state index in [9.17, 15) is 0 Å². The Morgan fingerprint density at radius 3 is 2.11 bits per heavy atom. The van der Waals surface area contributed by atoms with E-state index in [0.717, 1.165) is 5.69 Å². The van der Waals surface area contributed by atoms with Crippen LogP contribution in [-0.4, -0.2) is 32.1 Å². The largest absolute Gasteiger partial charge is 0 e. The minimum Gasteiger partial charge on any atom is 0 e. The molecule has 1 aromatic carbocycles. The molecule has 0 aliphatic rings. The van der Waals surface area contributed by atoms with Crippen LogP contribution in [0.4, 0.5) is 0 Å². The molecule has 19 heavy (non-hydrogen) atoms. The smallest absolute Gasteiger partial charge is 0 e. The van der Waals surface area contributed by atoms with E-state index < -0.39 is 0 Å². The molecule has 2 nitrogen and oxygen atoms in total. The van der Waals surface area contributed by atoms with Gasteiger partial charge >= 0.3 is 107 Å². The van der Waals surface area contributed by atoms with Crippen molar-refractivity contribution in [3.8, 4) is 11.3 Å². The molecule has 0 unspecified atom stereocenters. The van der Waals surface area contributed by atoms with Gasteiger partial charge in [0, 0.05) is 98.1 Å². The molecule has 0 aliphatic heterocycles. The number of nitrogens with zero attached hydrogens (tertiary/aromatic N) is 2. The van der Waals surface area contributed by atoms with Gasteiger partial charge in [-0.2, -0.15) is 0 Å². The summed E-state index contributed by atoms with van der Waals surface area (Å²) < 4.78 is 3.27. The maximum atomic E-state index is 4.62. The van der Waals surface area contributed by atoms with Crippen molar-refractivity contribution in [1.82, 2.24) is 9.61 Å². The number of benzene rings is 1. The maximum Gasteiger partial charge on any atom is 0 e. The van der Waals surface area contributed by atoms with Crippen LogP contribution in [0.5, 0.6) is 0 Å². The Kier molecular flexibility index (Phi) is 11.0. The van der Waals surface area contributed by atoms with Crippen molar-refractivity contribution in [2.75, 3.05) is 0 Å². The minimum absolute atomic E-state index is 0. The van der Waals surface area contributed by atoms with Crippen LogP contribution in [0.25, 0.3) is 16.8 Å². The number of rotatable bonds is 1. The van der Waals surface area contributed by atoms with Crippen LogP contribution in [0.15, 0.2) is 54.7 Å². The van der Waals surface area contributed by atoms with E-state index in [1.807, 2.05) is 22.8 Å². The molecule has 0 saturated heterocycles. The fraction of sp³-hybridized carbons (Fsp3) is 0. The first-order valence-corrected chi connectivity index (χ1v) is 6.53. The Balaban J connectivity index is 0.00000108. The summed E-state index contributed by atoms with van der Waals surface area (Å²) in [5.41, 5.74) is 3.50. The van der Waals surface area contributed by atoms with Crippen molar-refractivity contribution < 1.29 is 98.1 Å². The number of hydrogen-bond acceptors (Lipinski definition) is 1. The Morgan fingerprint density at radius 2 is 1.47 bits per heavy atom. The van der Waals surface area contributed by atoms with Crippen LogP contribution >= 0.6 is 0 Å². The summed E-state index contributed by atoms with van der Waals surface area (Å²) in [6, 6.07) is 16.5. The molecule has 3 rings (SSSR count). The zero-order chi connectivity index (χ0) is 11.0. The summed E-state index contributed by atoms with van der Waals surface area (Å²) in [5.74, 6) is 0. The molecule has 0 N–H and O–H groups in total. The van der Waals surface area contributed by atoms with Crippen molar-refractivity contribution in [2.45, 2.75) is 0 Å². The van der Waals surface area contributed by atoms with Crippen molar-refractivity contribution in [1.29, 1.82) is 0 Å². The van der Waals surface area contributed by atoms with Crippen LogP contribution in [-0.2, 0) is 98.1 Å². The van der Waals surface area contributed by atoms with Gasteiger partial charge in [-0.05, 0) is 0 Å². The summed E-state index contributed by atoms with van der Waals surface area (Å²) in [4.78, 5) is 0. The Morgan fingerprint density at radius 1 is 0.842 bits per heavy atom. The third-order valence-corrected chi connectivity index (χ3v) is 3.99. The summed E-state index contributed by atoms with van der Waals surface area (Å²) >= 11 is 1.40. The summed E-state index contributed by atoms with van der Waals surface area (Å²) in [5, 5.41) is 4.62. The van der Waals surface area contributed by atoms with E-state index in [4.69, 9.17) is 0 Å². The first-order valence-electron chi connectivity index (χ1n) is 5.10. The molecule has 2 aromatic heterocycles. The molecule has 0 aliphatic carbocycles. The van der Waals surface area contributed by atoms with Crippen molar-refractivity contribution >= 4 is 31.6 Å². The molecule has 6 radical (unpaired) electrons. The second-order valence-electron chi connectivity index (χ2n) is 3.62. The first kappa shape index (κ1) is 21.0. The SMILES string of the molecule is [Sn][c]1c(-c2ccccc2)nn2ccccc12.[Y].[Y].[Y]. The van der Waals surface area contributed by atoms with E-state index >= 15 is 0 Å². The topological polar surface area (TPSA) is 17.3 Å². The van der Waals surface area contributed by atoms with Gasteiger partial charge in [-0.15, -0.1) is 0 Å². The van der Waals surface area contributed by atoms with Gasteiger partial charge in [-0.1, -0.05) is 0 Å². The van der Waals surface area contributed by atoms with Gasteiger partial charge in [-0.3, -0.25) is 0 Å². The average Bonchev–Trinajstić information content (AvgIpc) is 2.69. The predicted molar refractivity (Wildman–Crippen MR) is 66.0 cm³/mol. The van der Waals surface area contributed by atoms with Crippen LogP contribution in [0.2, 0.25) is 0 Å². The average molecular weight is 579 g/mol. The molecule has 0 atom stereocenters. The van der Waals surface area contributed by atoms with E-state index in [0.29, 0.717) is 0 Å². The van der Waals surface area contributed by atoms with Crippen molar-refractivity contribution in [3.05, 3.63) is 54.7 Å². The summed E-state index contributed by atoms with van der Waals surface area (Å²) in [6.45, 7) is 0. The van der Waals surface area contributed by atoms with Gasteiger partial charge in [0.2, 0.25) is 0 Å². The van der Waals surface area contributed by atoms with Crippen LogP contribution < -0.4 is 3.58 Å². The molecule has 0 spiro atoms. The third kappa shape index (κ3) is 4.74. The first-order chi connectivity index (χ1) is 7.86. The molecule has 0 saturated carbocycles. The van der Waals surface area contributed by atoms with Crippen LogP contribution in [0.3, 0.4) is 0 Å². The molecule has 0 fully saturated rings. The van der Waals surface area contributed by atoms with Gasteiger partial charge in [0.15, 0.2) is 0 Å². The van der Waals surface area contributed by atoms with Gasteiger partial charge in [0.25, 0.3) is 0 Å². The molecular formula is C13H9N2SnY3. The molecule has 0 amide bonds. The van der Waals surface area contributed by atoms with Gasteiger partial charge < -0.3 is 0 Å². The van der Waals surface area contributed by atoms with E-state index in [1.54, 1.807) is 0 Å². The number of pyridine rings is 1. The summed E-state index contributed by atoms with van der Waals surface area (Å²) in [7, 11) is 0. The van der Waals surface area contributed by atoms with E-state index in [-0.39, 0.29) is 98.1 Å². The molecular weight excluding hydrogens is 570 g/mol. The van der Waals surface area contributed by atoms with Crippen molar-refractivity contribution in [2.24, 2.45) is 0 Å². The normalized spacial score (nSPS) is 9.11. The second kappa shape index (κ2) is 9.92. The number of aromatic nitrogens is 2. The molecule has 2 heterocycles. The van der Waals surface area contributed by atoms with Gasteiger partial charge in [-0.25, -0.2) is 0 Å². The Labute approximate surface area is 201 Å². The number of hydrogen-bond donors (Lipinski definition) is 0. The quantitative estimate of drug-likeness (QED) is 0.403. The minimum atomic E-state index is 0. The number of fused-ring (bicyclic) bond motifs is 1. The fourth-order valence-corrected chi connectivity index (χ4v) is 2.92. The Hall–Kier alpha value is 2.02. The Bertz CT molecular complexity index is 641. The monoisotopic (exact) mass is 580 g/mol. The summed E-state index contributed by atoms with van der Waals surface area (Å²) in [6.07, 6.45) is 2.00. The van der Waals surface area contributed by atoms with Crippen LogP contribution in [0.1, 0.15) is 0 Å². The zero-order valence-electron chi connectivity index (χ0n) is 10.3. The molecule has 0 bridgehead atoms. The fourth-order valence-electron chi connectivity index (χ4n) is 1.80. The van der Waals surface area contributed by atoms with Crippen molar-refractivity contribution in [3.63, 3.8) is 0 Å². The predicted octanol–water partition coefficient (Wildman–Crippen LogP) is 1.79. The van der Waals surface area contributed by atoms with E-state index in [2.05, 4.69) is 41.5 Å². The third-order valence-electron chi connectivity index (χ3n) is 2.59. The van der Waals surface area contributed by atoms with Gasteiger partial charge in [0.05, 0.1) is 0 Å².